The van der Waals surface area contributed by atoms with Crippen molar-refractivity contribution in [2.24, 2.45) is 0 Å². The molecule has 0 fully saturated rings. The Kier molecular flexibility index (Phi) is 33.4. The molecule has 0 aliphatic rings. The van der Waals surface area contributed by atoms with Crippen LogP contribution in [0.25, 0.3) is 0 Å². The second-order valence-electron chi connectivity index (χ2n) is 12.7. The first-order chi connectivity index (χ1) is 20.7. The summed E-state index contributed by atoms with van der Waals surface area (Å²) in [4.78, 5) is 12.3. The number of hydrogen-bond acceptors (Lipinski definition) is 3. The van der Waals surface area contributed by atoms with Crippen molar-refractivity contribution in [1.29, 1.82) is 0 Å². The minimum Gasteiger partial charge on any atom is -0.394 e. The second-order valence-corrected chi connectivity index (χ2v) is 12.7. The van der Waals surface area contributed by atoms with Gasteiger partial charge in [0.2, 0.25) is 5.91 Å². The van der Waals surface area contributed by atoms with E-state index in [1.807, 2.05) is 12.2 Å². The number of aliphatic hydroxyl groups excluding tert-OH is 2. The van der Waals surface area contributed by atoms with Crippen molar-refractivity contribution in [2.75, 3.05) is 6.61 Å². The van der Waals surface area contributed by atoms with E-state index in [0.717, 1.165) is 19.3 Å². The summed E-state index contributed by atoms with van der Waals surface area (Å²) in [6, 6.07) is -0.647. The standard InChI is InChI=1S/C38H73NO3/c1-3-5-7-9-11-13-14-15-16-17-18-19-20-21-22-23-24-26-28-30-32-34-38(42)39-36(35-40)37(41)33-31-29-27-25-12-10-8-6-4-2/h27,29,31,33,36-37,40-41H,3-26,28,30,32,34-35H2,1-2H3,(H,39,42)/b29-27+,33-31+/t36-,37+/m0/s1. The number of nitrogens with one attached hydrogen (secondary N) is 1. The molecule has 0 spiro atoms. The Bertz CT molecular complexity index is 603. The van der Waals surface area contributed by atoms with Crippen LogP contribution in [0.5, 0.6) is 0 Å². The van der Waals surface area contributed by atoms with E-state index in [2.05, 4.69) is 25.2 Å². The summed E-state index contributed by atoms with van der Waals surface area (Å²) in [6.07, 6.45) is 42.8. The summed E-state index contributed by atoms with van der Waals surface area (Å²) < 4.78 is 0. The van der Waals surface area contributed by atoms with Gasteiger partial charge >= 0.3 is 0 Å². The van der Waals surface area contributed by atoms with E-state index >= 15 is 0 Å². The molecule has 0 heterocycles. The Balaban J connectivity index is 3.53. The molecule has 0 aromatic heterocycles. The van der Waals surface area contributed by atoms with Crippen LogP contribution in [0.3, 0.4) is 0 Å². The van der Waals surface area contributed by atoms with Crippen molar-refractivity contribution in [1.82, 2.24) is 5.32 Å². The van der Waals surface area contributed by atoms with Gasteiger partial charge in [0.15, 0.2) is 0 Å². The highest BCUT2D eigenvalue weighted by molar-refractivity contribution is 5.76. The van der Waals surface area contributed by atoms with Crippen LogP contribution >= 0.6 is 0 Å². The molecule has 0 aliphatic heterocycles. The predicted molar refractivity (Wildman–Crippen MR) is 184 cm³/mol. The third-order valence-corrected chi connectivity index (χ3v) is 8.49. The molecule has 3 N–H and O–H groups in total. The van der Waals surface area contributed by atoms with Crippen LogP contribution < -0.4 is 5.32 Å². The van der Waals surface area contributed by atoms with E-state index < -0.39 is 12.1 Å². The first-order valence-electron chi connectivity index (χ1n) is 18.6. The van der Waals surface area contributed by atoms with Gasteiger partial charge < -0.3 is 15.5 Å². The molecular formula is C38H73NO3. The van der Waals surface area contributed by atoms with Crippen molar-refractivity contribution in [2.45, 2.75) is 206 Å². The Morgan fingerprint density at radius 2 is 0.952 bits per heavy atom. The zero-order valence-electron chi connectivity index (χ0n) is 28.3. The molecule has 2 atom stereocenters. The van der Waals surface area contributed by atoms with E-state index in [9.17, 15) is 15.0 Å². The maximum absolute atomic E-state index is 12.3. The van der Waals surface area contributed by atoms with Crippen molar-refractivity contribution in [3.63, 3.8) is 0 Å². The van der Waals surface area contributed by atoms with E-state index in [0.29, 0.717) is 6.42 Å². The fraction of sp³-hybridized carbons (Fsp3) is 0.868. The molecule has 1 amide bonds. The van der Waals surface area contributed by atoms with Gasteiger partial charge in [-0.1, -0.05) is 192 Å². The van der Waals surface area contributed by atoms with Gasteiger partial charge in [-0.3, -0.25) is 4.79 Å². The maximum atomic E-state index is 12.3. The minimum absolute atomic E-state index is 0.0815. The molecule has 0 bridgehead atoms. The van der Waals surface area contributed by atoms with Crippen LogP contribution in [-0.2, 0) is 4.79 Å². The monoisotopic (exact) mass is 592 g/mol. The predicted octanol–water partition coefficient (Wildman–Crippen LogP) is 10.9. The highest BCUT2D eigenvalue weighted by atomic mass is 16.3. The van der Waals surface area contributed by atoms with E-state index in [1.165, 1.54) is 154 Å². The Hall–Kier alpha value is -1.13. The number of carbonyl (C=O) groups excluding carboxylic acids is 1. The Morgan fingerprint density at radius 3 is 1.36 bits per heavy atom. The molecule has 4 nitrogen and oxygen atoms in total. The molecule has 0 saturated carbocycles. The number of aliphatic hydroxyl groups is 2. The van der Waals surface area contributed by atoms with E-state index in [1.54, 1.807) is 6.08 Å². The van der Waals surface area contributed by atoms with Crippen LogP contribution in [0.4, 0.5) is 0 Å². The largest absolute Gasteiger partial charge is 0.394 e. The molecular weight excluding hydrogens is 518 g/mol. The van der Waals surface area contributed by atoms with Gasteiger partial charge in [0.25, 0.3) is 0 Å². The van der Waals surface area contributed by atoms with Gasteiger partial charge in [0.1, 0.15) is 0 Å². The van der Waals surface area contributed by atoms with Gasteiger partial charge in [0.05, 0.1) is 18.8 Å². The zero-order valence-corrected chi connectivity index (χ0v) is 28.3. The minimum atomic E-state index is -0.882. The normalized spacial score (nSPS) is 13.3. The fourth-order valence-electron chi connectivity index (χ4n) is 5.59. The first kappa shape index (κ1) is 40.9. The second kappa shape index (κ2) is 34.4. The van der Waals surface area contributed by atoms with Crippen LogP contribution in [0, 0.1) is 0 Å². The van der Waals surface area contributed by atoms with Gasteiger partial charge in [-0.25, -0.2) is 0 Å². The number of allylic oxidation sites excluding steroid dienone is 3. The molecule has 4 heteroatoms. The first-order valence-corrected chi connectivity index (χ1v) is 18.6. The molecule has 248 valence electrons. The molecule has 0 aliphatic carbocycles. The summed E-state index contributed by atoms with van der Waals surface area (Å²) >= 11 is 0. The Labute approximate surface area is 262 Å². The molecule has 0 radical (unpaired) electrons. The lowest BCUT2D eigenvalue weighted by atomic mass is 10.0. The summed E-state index contributed by atoms with van der Waals surface area (Å²) in [5.74, 6) is -0.0815. The number of rotatable bonds is 33. The van der Waals surface area contributed by atoms with Gasteiger partial charge in [-0.05, 0) is 19.3 Å². The van der Waals surface area contributed by atoms with Crippen molar-refractivity contribution < 1.29 is 15.0 Å². The van der Waals surface area contributed by atoms with Crippen LogP contribution in [0.2, 0.25) is 0 Å². The van der Waals surface area contributed by atoms with Crippen LogP contribution in [-0.4, -0.2) is 34.9 Å². The quantitative estimate of drug-likeness (QED) is 0.0525. The number of hydrogen-bond donors (Lipinski definition) is 3. The summed E-state index contributed by atoms with van der Waals surface area (Å²) in [7, 11) is 0. The highest BCUT2D eigenvalue weighted by Gasteiger charge is 2.17. The molecule has 0 unspecified atom stereocenters. The molecule has 42 heavy (non-hydrogen) atoms. The molecule has 0 aromatic carbocycles. The van der Waals surface area contributed by atoms with E-state index in [4.69, 9.17) is 0 Å². The summed E-state index contributed by atoms with van der Waals surface area (Å²) in [5, 5.41) is 22.7. The third-order valence-electron chi connectivity index (χ3n) is 8.49. The average Bonchev–Trinajstić information content (AvgIpc) is 2.99. The maximum Gasteiger partial charge on any atom is 0.220 e. The SMILES string of the molecule is CCCCCCC/C=C/C=C/[C@@H](O)[C@H](CO)NC(=O)CCCCCCCCCCCCCCCCCCCCCCC. The average molecular weight is 592 g/mol. The lowest BCUT2D eigenvalue weighted by Crippen LogP contribution is -2.45. The fourth-order valence-corrected chi connectivity index (χ4v) is 5.59. The summed E-state index contributed by atoms with van der Waals surface area (Å²) in [6.45, 7) is 4.25. The van der Waals surface area contributed by atoms with Gasteiger partial charge in [0, 0.05) is 6.42 Å². The lowest BCUT2D eigenvalue weighted by molar-refractivity contribution is -0.123. The zero-order chi connectivity index (χ0) is 30.8. The van der Waals surface area contributed by atoms with Crippen LogP contribution in [0.15, 0.2) is 24.3 Å². The topological polar surface area (TPSA) is 69.6 Å². The Morgan fingerprint density at radius 1 is 0.571 bits per heavy atom. The number of carbonyl (C=O) groups is 1. The molecule has 0 rings (SSSR count). The smallest absolute Gasteiger partial charge is 0.220 e. The number of amides is 1. The van der Waals surface area contributed by atoms with Gasteiger partial charge in [-0.2, -0.15) is 0 Å². The van der Waals surface area contributed by atoms with Crippen molar-refractivity contribution in [3.05, 3.63) is 24.3 Å². The van der Waals surface area contributed by atoms with Crippen molar-refractivity contribution in [3.8, 4) is 0 Å². The molecule has 0 saturated heterocycles. The van der Waals surface area contributed by atoms with Gasteiger partial charge in [-0.15, -0.1) is 0 Å². The highest BCUT2D eigenvalue weighted by Crippen LogP contribution is 2.15. The molecule has 0 aromatic rings. The number of unbranched alkanes of at least 4 members (excludes halogenated alkanes) is 25. The lowest BCUT2D eigenvalue weighted by Gasteiger charge is -2.19. The van der Waals surface area contributed by atoms with E-state index in [-0.39, 0.29) is 12.5 Å². The van der Waals surface area contributed by atoms with Crippen LogP contribution in [0.1, 0.15) is 194 Å². The van der Waals surface area contributed by atoms with Crippen molar-refractivity contribution >= 4 is 5.91 Å². The summed E-state index contributed by atoms with van der Waals surface area (Å²) in [5.41, 5.74) is 0. The third kappa shape index (κ3) is 30.3.